The summed E-state index contributed by atoms with van der Waals surface area (Å²) in [7, 11) is 0. The predicted octanol–water partition coefficient (Wildman–Crippen LogP) is 4.58. The van der Waals surface area contributed by atoms with Crippen LogP contribution in [0.15, 0.2) is 36.4 Å². The van der Waals surface area contributed by atoms with Gasteiger partial charge in [-0.05, 0) is 42.7 Å². The quantitative estimate of drug-likeness (QED) is 0.741. The Morgan fingerprint density at radius 1 is 1.23 bits per heavy atom. The first-order valence-corrected chi connectivity index (χ1v) is 9.75. The number of nitrogens with zero attached hydrogens (tertiary/aromatic N) is 1. The lowest BCUT2D eigenvalue weighted by Gasteiger charge is -2.41. The van der Waals surface area contributed by atoms with E-state index in [2.05, 4.69) is 20.4 Å². The summed E-state index contributed by atoms with van der Waals surface area (Å²) in [4.78, 5) is 15.4. The van der Waals surface area contributed by atoms with Gasteiger partial charge in [0.1, 0.15) is 6.10 Å². The summed E-state index contributed by atoms with van der Waals surface area (Å²) in [5.74, 6) is 0.826. The fourth-order valence-corrected chi connectivity index (χ4v) is 5.32. The van der Waals surface area contributed by atoms with Gasteiger partial charge in [-0.3, -0.25) is 4.79 Å². The van der Waals surface area contributed by atoms with E-state index >= 15 is 0 Å². The van der Waals surface area contributed by atoms with Crippen molar-refractivity contribution < 1.29 is 13.9 Å². The first-order valence-electron chi connectivity index (χ1n) is 9.75. The first-order chi connectivity index (χ1) is 12.3. The molecule has 0 spiro atoms. The number of ether oxygens (including phenoxy) is 1. The maximum atomic E-state index is 13.8. The fourth-order valence-electron chi connectivity index (χ4n) is 5.32. The van der Waals surface area contributed by atoms with Gasteiger partial charge in [-0.2, -0.15) is 0 Å². The van der Waals surface area contributed by atoms with Gasteiger partial charge >= 0.3 is 0 Å². The molecule has 4 rings (SSSR count). The number of amides is 1. The second-order valence-corrected chi connectivity index (χ2v) is 8.76. The molecule has 4 heteroatoms. The minimum atomic E-state index is -0.340. The molecule has 3 aliphatic rings. The summed E-state index contributed by atoms with van der Waals surface area (Å²) in [6, 6.07) is 6.51. The van der Waals surface area contributed by atoms with Crippen LogP contribution in [0.4, 0.5) is 4.39 Å². The lowest BCUT2D eigenvalue weighted by atomic mass is 9.68. The first kappa shape index (κ1) is 17.6. The van der Waals surface area contributed by atoms with Gasteiger partial charge in [0.05, 0.1) is 5.41 Å². The van der Waals surface area contributed by atoms with Crippen LogP contribution in [-0.2, 0) is 4.79 Å². The maximum Gasteiger partial charge on any atom is 0.232 e. The van der Waals surface area contributed by atoms with Crippen molar-refractivity contribution in [1.29, 1.82) is 0 Å². The number of piperidine rings is 1. The molecule has 140 valence electrons. The summed E-state index contributed by atoms with van der Waals surface area (Å²) in [5, 5.41) is 0. The molecule has 0 unspecified atom stereocenters. The summed E-state index contributed by atoms with van der Waals surface area (Å²) >= 11 is 0. The number of fused-ring (bicyclic) bond motifs is 2. The molecular weight excluding hydrogens is 329 g/mol. The minimum absolute atomic E-state index is 0.0343. The smallest absolute Gasteiger partial charge is 0.232 e. The largest absolute Gasteiger partial charge is 0.487 e. The molecule has 0 aromatic heterocycles. The molecule has 1 aromatic rings. The van der Waals surface area contributed by atoms with Gasteiger partial charge in [0, 0.05) is 25.9 Å². The van der Waals surface area contributed by atoms with E-state index < -0.39 is 0 Å². The van der Waals surface area contributed by atoms with Crippen LogP contribution in [0.2, 0.25) is 0 Å². The molecule has 1 aliphatic heterocycles. The van der Waals surface area contributed by atoms with Gasteiger partial charge in [0.15, 0.2) is 11.6 Å². The molecule has 0 radical (unpaired) electrons. The Hall–Kier alpha value is -1.84. The van der Waals surface area contributed by atoms with Crippen LogP contribution >= 0.6 is 0 Å². The zero-order chi connectivity index (χ0) is 18.5. The molecule has 0 N–H and O–H groups in total. The van der Waals surface area contributed by atoms with Gasteiger partial charge in [0.2, 0.25) is 5.91 Å². The highest BCUT2D eigenvalue weighted by Gasteiger charge is 2.61. The van der Waals surface area contributed by atoms with Crippen LogP contribution in [-0.4, -0.2) is 30.0 Å². The second kappa shape index (κ2) is 6.11. The second-order valence-electron chi connectivity index (χ2n) is 8.76. The Balaban J connectivity index is 1.40. The van der Waals surface area contributed by atoms with Crippen LogP contribution in [0.5, 0.6) is 5.75 Å². The normalized spacial score (nSPS) is 30.7. The molecule has 26 heavy (non-hydrogen) atoms. The van der Waals surface area contributed by atoms with Crippen molar-refractivity contribution in [2.45, 2.75) is 52.1 Å². The highest BCUT2D eigenvalue weighted by Crippen LogP contribution is 2.66. The molecule has 1 amide bonds. The highest BCUT2D eigenvalue weighted by molar-refractivity contribution is 5.87. The number of benzene rings is 1. The minimum Gasteiger partial charge on any atom is -0.487 e. The van der Waals surface area contributed by atoms with E-state index in [0.717, 1.165) is 37.7 Å². The molecule has 1 saturated heterocycles. The lowest BCUT2D eigenvalue weighted by Crippen LogP contribution is -2.49. The van der Waals surface area contributed by atoms with Crippen LogP contribution in [0.1, 0.15) is 46.0 Å². The van der Waals surface area contributed by atoms with Crippen molar-refractivity contribution in [2.75, 3.05) is 13.1 Å². The van der Waals surface area contributed by atoms with E-state index in [9.17, 15) is 9.18 Å². The number of rotatable bonds is 3. The Kier molecular flexibility index (Phi) is 4.13. The third-order valence-corrected chi connectivity index (χ3v) is 7.16. The average Bonchev–Trinajstić information content (AvgIpc) is 3.16. The van der Waals surface area contributed by atoms with Gasteiger partial charge < -0.3 is 9.64 Å². The summed E-state index contributed by atoms with van der Waals surface area (Å²) in [6.07, 6.45) is 4.50. The Morgan fingerprint density at radius 3 is 2.54 bits per heavy atom. The van der Waals surface area contributed by atoms with E-state index in [-0.39, 0.29) is 28.7 Å². The van der Waals surface area contributed by atoms with Gasteiger partial charge in [-0.15, -0.1) is 0 Å². The van der Waals surface area contributed by atoms with E-state index in [1.807, 2.05) is 4.90 Å². The number of carbonyl (C=O) groups is 1. The van der Waals surface area contributed by atoms with Gasteiger partial charge in [0.25, 0.3) is 0 Å². The summed E-state index contributed by atoms with van der Waals surface area (Å²) < 4.78 is 19.6. The lowest BCUT2D eigenvalue weighted by molar-refractivity contribution is -0.141. The van der Waals surface area contributed by atoms with Crippen molar-refractivity contribution in [2.24, 2.45) is 16.7 Å². The number of para-hydroxylation sites is 1. The van der Waals surface area contributed by atoms with Crippen LogP contribution in [0.25, 0.3) is 0 Å². The van der Waals surface area contributed by atoms with E-state index in [0.29, 0.717) is 24.8 Å². The average molecular weight is 357 g/mol. The number of likely N-dealkylation sites (tertiary alicyclic amines) is 1. The van der Waals surface area contributed by atoms with E-state index in [1.54, 1.807) is 18.2 Å². The molecule has 3 fully saturated rings. The summed E-state index contributed by atoms with van der Waals surface area (Å²) in [5.41, 5.74) is 0.865. The zero-order valence-electron chi connectivity index (χ0n) is 15.8. The molecule has 2 aliphatic carbocycles. The molecular formula is C22H28FNO2. The van der Waals surface area contributed by atoms with Crippen molar-refractivity contribution in [3.63, 3.8) is 0 Å². The maximum absolute atomic E-state index is 13.8. The predicted molar refractivity (Wildman–Crippen MR) is 99.3 cm³/mol. The van der Waals surface area contributed by atoms with Crippen molar-refractivity contribution >= 4 is 5.91 Å². The zero-order valence-corrected chi connectivity index (χ0v) is 15.8. The van der Waals surface area contributed by atoms with Crippen molar-refractivity contribution in [3.8, 4) is 5.75 Å². The van der Waals surface area contributed by atoms with E-state index in [4.69, 9.17) is 4.74 Å². The monoisotopic (exact) mass is 357 g/mol. The third kappa shape index (κ3) is 2.57. The molecule has 1 aromatic carbocycles. The number of hydrogen-bond donors (Lipinski definition) is 0. The van der Waals surface area contributed by atoms with Crippen molar-refractivity contribution in [3.05, 3.63) is 42.2 Å². The standard InChI is InChI=1S/C22H28FNO2/c1-15-21(2,3)16-8-11-22(15,14-16)20(25)24-12-9-17(10-13-24)26-19-7-5-4-6-18(19)23/h4-7,16-17H,1,8-14H2,2-3H3/t16-,22+/m1/s1. The summed E-state index contributed by atoms with van der Waals surface area (Å²) in [6.45, 7) is 10.2. The molecule has 2 atom stereocenters. The fraction of sp³-hybridized carbons (Fsp3) is 0.591. The Labute approximate surface area is 155 Å². The topological polar surface area (TPSA) is 29.5 Å². The highest BCUT2D eigenvalue weighted by atomic mass is 19.1. The molecule has 3 nitrogen and oxygen atoms in total. The third-order valence-electron chi connectivity index (χ3n) is 7.16. The van der Waals surface area contributed by atoms with Crippen LogP contribution in [0, 0.1) is 22.6 Å². The van der Waals surface area contributed by atoms with Crippen LogP contribution in [0.3, 0.4) is 0 Å². The van der Waals surface area contributed by atoms with E-state index in [1.165, 1.54) is 6.07 Å². The Morgan fingerprint density at radius 2 is 1.92 bits per heavy atom. The number of hydrogen-bond acceptors (Lipinski definition) is 2. The molecule has 2 bridgehead atoms. The number of halogens is 1. The number of carbonyl (C=O) groups excluding carboxylic acids is 1. The van der Waals surface area contributed by atoms with Gasteiger partial charge in [-0.1, -0.05) is 38.1 Å². The molecule has 1 heterocycles. The molecule has 2 saturated carbocycles. The van der Waals surface area contributed by atoms with Crippen LogP contribution < -0.4 is 4.74 Å². The Bertz CT molecular complexity index is 735. The SMILES string of the molecule is C=C1C(C)(C)[C@@H]2CC[C@]1(C(=O)N1CCC(Oc3ccccc3F)CC1)C2. The van der Waals surface area contributed by atoms with Gasteiger partial charge in [-0.25, -0.2) is 4.39 Å². The van der Waals surface area contributed by atoms with Crippen molar-refractivity contribution in [1.82, 2.24) is 4.90 Å².